The molecule has 1 fully saturated rings. The smallest absolute Gasteiger partial charge is 0.326 e. The average molecular weight is 1030 g/mol. The lowest BCUT2D eigenvalue weighted by molar-refractivity contribution is -0.143. The van der Waals surface area contributed by atoms with Gasteiger partial charge in [0.1, 0.15) is 53.8 Å². The minimum absolute atomic E-state index is 0.0257. The van der Waals surface area contributed by atoms with Gasteiger partial charge in [0.05, 0.1) is 12.1 Å². The lowest BCUT2D eigenvalue weighted by Crippen LogP contribution is -2.62. The molecule has 7 amide bonds. The number of unbranched alkanes of at least 4 members (excludes halogenated alkanes) is 1. The Morgan fingerprint density at radius 2 is 1.15 bits per heavy atom. The van der Waals surface area contributed by atoms with Gasteiger partial charge in [-0.1, -0.05) is 52.0 Å². The van der Waals surface area contributed by atoms with Crippen molar-refractivity contribution < 1.29 is 58.8 Å². The number of amides is 7. The molecule has 0 unspecified atom stereocenters. The van der Waals surface area contributed by atoms with E-state index in [2.05, 4.69) is 31.9 Å². The molecule has 0 saturated carbocycles. The number of carbonyl (C=O) groups is 8. The molecule has 0 aliphatic carbocycles. The molecule has 2 aromatic rings. The molecule has 0 bridgehead atoms. The number of aliphatic carboxylic acids is 1. The number of nitrogens with one attached hydrogen (secondary N) is 6. The van der Waals surface area contributed by atoms with Crippen LogP contribution in [0.15, 0.2) is 48.5 Å². The molecular formula is C50H77N9O12S. The largest absolute Gasteiger partial charge is 0.508 e. The summed E-state index contributed by atoms with van der Waals surface area (Å²) in [4.78, 5) is 111. The SMILES string of the molecule is CSCC[C@H](NC(=O)[C@@H](N)CC(C)C)C(=O)N[C@@H](Cc1ccc(O)cc1)C(=O)N1CCC[C@H]1C(=O)N[C@H](C(=O)N[C@H](Cc1ccc(O)cc1)C(=O)N[C@@H](CC(C)C)C(=O)N[C@@H](CCCCN)C(=O)O)[C@@H](C)O. The van der Waals surface area contributed by atoms with Crippen molar-refractivity contribution in [3.05, 3.63) is 59.7 Å². The van der Waals surface area contributed by atoms with E-state index in [0.29, 0.717) is 49.1 Å². The zero-order valence-electron chi connectivity index (χ0n) is 42.2. The first-order valence-electron chi connectivity index (χ1n) is 24.6. The minimum atomic E-state index is -1.68. The van der Waals surface area contributed by atoms with E-state index in [4.69, 9.17) is 11.5 Å². The van der Waals surface area contributed by atoms with E-state index in [1.165, 1.54) is 60.0 Å². The number of carboxylic acid groups (broad SMARTS) is 1. The molecule has 1 heterocycles. The number of likely N-dealkylation sites (tertiary alicyclic amines) is 1. The fraction of sp³-hybridized carbons (Fsp3) is 0.600. The van der Waals surface area contributed by atoms with Crippen LogP contribution >= 0.6 is 11.8 Å². The Hall–Kier alpha value is -5.97. The van der Waals surface area contributed by atoms with Crippen molar-refractivity contribution in [2.45, 2.75) is 153 Å². The highest BCUT2D eigenvalue weighted by atomic mass is 32.2. The van der Waals surface area contributed by atoms with Crippen molar-refractivity contribution in [2.75, 3.05) is 25.1 Å². The molecule has 9 atom stereocenters. The third-order valence-corrected chi connectivity index (χ3v) is 12.8. The number of nitrogens with two attached hydrogens (primary N) is 2. The van der Waals surface area contributed by atoms with Crippen molar-refractivity contribution in [1.82, 2.24) is 36.8 Å². The standard InChI is InChI=1S/C50H77N9O12S/c1-28(2)24-35(52)43(63)53-36(20-23-72-6)44(64)57-40(27-32-14-18-34(62)19-15-32)49(69)59-22-9-11-41(59)47(67)58-42(30(5)60)48(68)56-39(26-31-12-16-33(61)17-13-31)46(66)55-38(25-29(3)4)45(65)54-37(50(70)71)10-7-8-21-51/h12-19,28-30,35-42,60-62H,7-11,20-27,51-52H2,1-6H3,(H,53,63)(H,54,65)(H,55,66)(H,56,68)(H,57,64)(H,58,67)(H,70,71)/t30-,35+,36+,37+,38+,39-,40+,41+,42+/m1/s1. The van der Waals surface area contributed by atoms with Crippen molar-refractivity contribution >= 4 is 59.1 Å². The van der Waals surface area contributed by atoms with E-state index >= 15 is 0 Å². The lowest BCUT2D eigenvalue weighted by atomic mass is 10.00. The Labute approximate surface area is 426 Å². The fourth-order valence-corrected chi connectivity index (χ4v) is 8.70. The number of thioether (sulfide) groups is 1. The highest BCUT2D eigenvalue weighted by molar-refractivity contribution is 7.98. The van der Waals surface area contributed by atoms with Crippen LogP contribution in [0, 0.1) is 11.8 Å². The van der Waals surface area contributed by atoms with E-state index in [1.807, 2.05) is 20.1 Å². The summed E-state index contributed by atoms with van der Waals surface area (Å²) >= 11 is 1.46. The van der Waals surface area contributed by atoms with Crippen LogP contribution in [-0.4, -0.2) is 152 Å². The summed E-state index contributed by atoms with van der Waals surface area (Å²) in [5.74, 6) is -6.13. The molecule has 22 heteroatoms. The maximum Gasteiger partial charge on any atom is 0.326 e. The molecular weight excluding hydrogens is 951 g/mol. The van der Waals surface area contributed by atoms with Gasteiger partial charge in [-0.05, 0) is 124 Å². The van der Waals surface area contributed by atoms with E-state index in [1.54, 1.807) is 26.0 Å². The number of benzene rings is 2. The van der Waals surface area contributed by atoms with E-state index < -0.39 is 102 Å². The summed E-state index contributed by atoms with van der Waals surface area (Å²) in [6.45, 7) is 9.10. The van der Waals surface area contributed by atoms with Crippen LogP contribution in [0.3, 0.4) is 0 Å². The number of hydrogen-bond acceptors (Lipinski definition) is 14. The quantitative estimate of drug-likeness (QED) is 0.0476. The summed E-state index contributed by atoms with van der Waals surface area (Å²) in [5, 5.41) is 56.5. The summed E-state index contributed by atoms with van der Waals surface area (Å²) in [6.07, 6.45) is 2.31. The van der Waals surface area contributed by atoms with Gasteiger partial charge in [-0.25, -0.2) is 4.79 Å². The van der Waals surface area contributed by atoms with Crippen LogP contribution < -0.4 is 43.4 Å². The molecule has 0 radical (unpaired) electrons. The van der Waals surface area contributed by atoms with Gasteiger partial charge in [0.2, 0.25) is 41.4 Å². The Bertz CT molecular complexity index is 2110. The number of aromatic hydroxyl groups is 2. The topological polar surface area (TPSA) is 345 Å². The molecule has 72 heavy (non-hydrogen) atoms. The van der Waals surface area contributed by atoms with Crippen LogP contribution in [-0.2, 0) is 51.2 Å². The van der Waals surface area contributed by atoms with Gasteiger partial charge in [0.15, 0.2) is 0 Å². The lowest BCUT2D eigenvalue weighted by Gasteiger charge is -2.31. The maximum absolute atomic E-state index is 14.6. The number of aliphatic hydroxyl groups is 1. The normalized spacial score (nSPS) is 16.8. The molecule has 400 valence electrons. The number of hydrogen-bond donors (Lipinski definition) is 12. The monoisotopic (exact) mass is 1030 g/mol. The van der Waals surface area contributed by atoms with Gasteiger partial charge < -0.3 is 68.7 Å². The van der Waals surface area contributed by atoms with Crippen LogP contribution in [0.4, 0.5) is 0 Å². The fourth-order valence-electron chi connectivity index (χ4n) is 8.23. The molecule has 2 aromatic carbocycles. The molecule has 1 aliphatic heterocycles. The van der Waals surface area contributed by atoms with Crippen molar-refractivity contribution in [3.63, 3.8) is 0 Å². The number of phenolic OH excluding ortho intramolecular Hbond substituents is 2. The predicted molar refractivity (Wildman–Crippen MR) is 272 cm³/mol. The molecule has 3 rings (SSSR count). The van der Waals surface area contributed by atoms with Gasteiger partial charge >= 0.3 is 5.97 Å². The zero-order valence-corrected chi connectivity index (χ0v) is 43.0. The highest BCUT2D eigenvalue weighted by Gasteiger charge is 2.41. The highest BCUT2D eigenvalue weighted by Crippen LogP contribution is 2.22. The van der Waals surface area contributed by atoms with Gasteiger partial charge in [-0.3, -0.25) is 33.6 Å². The van der Waals surface area contributed by atoms with Gasteiger partial charge in [0.25, 0.3) is 0 Å². The summed E-state index contributed by atoms with van der Waals surface area (Å²) in [6, 6.07) is 1.79. The number of carboxylic acids is 1. The first-order valence-corrected chi connectivity index (χ1v) is 26.0. The molecule has 0 aromatic heterocycles. The van der Waals surface area contributed by atoms with E-state index in [9.17, 15) is 58.8 Å². The second kappa shape index (κ2) is 30.2. The summed E-state index contributed by atoms with van der Waals surface area (Å²) < 4.78 is 0. The van der Waals surface area contributed by atoms with Crippen molar-refractivity contribution in [1.29, 1.82) is 0 Å². The first kappa shape index (κ1) is 60.3. The number of carbonyl (C=O) groups excluding carboxylic acids is 7. The second-order valence-corrected chi connectivity index (χ2v) is 20.2. The number of nitrogens with zero attached hydrogens (tertiary/aromatic N) is 1. The molecule has 1 aliphatic rings. The third kappa shape index (κ3) is 19.9. The van der Waals surface area contributed by atoms with Crippen LogP contribution in [0.25, 0.3) is 0 Å². The minimum Gasteiger partial charge on any atom is -0.508 e. The first-order chi connectivity index (χ1) is 34.0. The number of rotatable bonds is 30. The average Bonchev–Trinajstić information content (AvgIpc) is 3.82. The van der Waals surface area contributed by atoms with Crippen molar-refractivity contribution in [2.24, 2.45) is 23.3 Å². The van der Waals surface area contributed by atoms with Crippen LogP contribution in [0.5, 0.6) is 11.5 Å². The Morgan fingerprint density at radius 1 is 0.653 bits per heavy atom. The molecule has 1 saturated heterocycles. The Morgan fingerprint density at radius 3 is 1.68 bits per heavy atom. The second-order valence-electron chi connectivity index (χ2n) is 19.2. The predicted octanol–water partition coefficient (Wildman–Crippen LogP) is 0.550. The maximum atomic E-state index is 14.6. The third-order valence-electron chi connectivity index (χ3n) is 12.1. The van der Waals surface area contributed by atoms with Gasteiger partial charge in [-0.2, -0.15) is 11.8 Å². The van der Waals surface area contributed by atoms with Gasteiger partial charge in [-0.15, -0.1) is 0 Å². The molecule has 21 nitrogen and oxygen atoms in total. The summed E-state index contributed by atoms with van der Waals surface area (Å²) in [5.41, 5.74) is 12.7. The number of phenols is 2. The zero-order chi connectivity index (χ0) is 53.7. The Balaban J connectivity index is 1.90. The molecule has 14 N–H and O–H groups in total. The van der Waals surface area contributed by atoms with E-state index in [0.717, 1.165) is 0 Å². The molecule has 0 spiro atoms. The van der Waals surface area contributed by atoms with Crippen LogP contribution in [0.2, 0.25) is 0 Å². The number of aliphatic hydroxyl groups excluding tert-OH is 1. The van der Waals surface area contributed by atoms with E-state index in [-0.39, 0.29) is 68.4 Å². The summed E-state index contributed by atoms with van der Waals surface area (Å²) in [7, 11) is 0. The van der Waals surface area contributed by atoms with Crippen molar-refractivity contribution in [3.8, 4) is 11.5 Å². The Kier molecular flexibility index (Phi) is 25.3. The van der Waals surface area contributed by atoms with Gasteiger partial charge in [0, 0.05) is 19.4 Å². The van der Waals surface area contributed by atoms with Crippen LogP contribution in [0.1, 0.15) is 97.1 Å².